The average molecular weight is 274 g/mol. The molecule has 0 aromatic carbocycles. The maximum absolute atomic E-state index is 12.1. The van der Waals surface area contributed by atoms with Gasteiger partial charge in [-0.05, 0) is 24.3 Å². The number of nitrogens with zero attached hydrogens (tertiary/aromatic N) is 2. The van der Waals surface area contributed by atoms with Crippen molar-refractivity contribution in [3.8, 4) is 0 Å². The van der Waals surface area contributed by atoms with Crippen LogP contribution in [0.4, 0.5) is 5.82 Å². The number of nitrogens with two attached hydrogens (primary N) is 1. The highest BCUT2D eigenvalue weighted by molar-refractivity contribution is 7.99. The van der Waals surface area contributed by atoms with Crippen molar-refractivity contribution in [1.82, 2.24) is 9.88 Å². The molecule has 0 spiro atoms. The molecule has 1 aliphatic rings. The molecule has 1 aliphatic heterocycles. The lowest BCUT2D eigenvalue weighted by atomic mass is 10.3. The molecule has 0 atom stereocenters. The first-order valence-corrected chi connectivity index (χ1v) is 6.52. The van der Waals surface area contributed by atoms with Crippen LogP contribution in [0.2, 0.25) is 0 Å². The highest BCUT2D eigenvalue weighted by Crippen LogP contribution is 2.12. The van der Waals surface area contributed by atoms with E-state index < -0.39 is 0 Å². The monoisotopic (exact) mass is 273 g/mol. The summed E-state index contributed by atoms with van der Waals surface area (Å²) in [6, 6.07) is 5.17. The van der Waals surface area contributed by atoms with Crippen molar-refractivity contribution in [1.29, 1.82) is 0 Å². The number of thioether (sulfide) groups is 1. The number of halogens is 1. The fourth-order valence-corrected chi connectivity index (χ4v) is 2.57. The summed E-state index contributed by atoms with van der Waals surface area (Å²) in [5, 5.41) is 0. The summed E-state index contributed by atoms with van der Waals surface area (Å²) in [7, 11) is 0. The first-order valence-electron chi connectivity index (χ1n) is 5.37. The predicted octanol–water partition coefficient (Wildman–Crippen LogP) is 1.66. The van der Waals surface area contributed by atoms with E-state index in [-0.39, 0.29) is 18.3 Å². The number of pyridine rings is 1. The summed E-state index contributed by atoms with van der Waals surface area (Å²) in [6.07, 6.45) is 1.05. The van der Waals surface area contributed by atoms with Crippen LogP contribution in [-0.2, 0) is 0 Å². The zero-order valence-corrected chi connectivity index (χ0v) is 11.1. The van der Waals surface area contributed by atoms with Crippen LogP contribution in [0.3, 0.4) is 0 Å². The van der Waals surface area contributed by atoms with Gasteiger partial charge in [-0.15, -0.1) is 12.4 Å². The number of carbonyl (C=O) groups excluding carboxylic acids is 1. The van der Waals surface area contributed by atoms with Gasteiger partial charge in [-0.2, -0.15) is 11.8 Å². The Bertz CT molecular complexity index is 381. The summed E-state index contributed by atoms with van der Waals surface area (Å²) < 4.78 is 0. The van der Waals surface area contributed by atoms with Gasteiger partial charge in [0.25, 0.3) is 5.91 Å². The van der Waals surface area contributed by atoms with Crippen LogP contribution >= 0.6 is 24.2 Å². The lowest BCUT2D eigenvalue weighted by molar-refractivity contribution is 0.0763. The molecule has 6 heteroatoms. The summed E-state index contributed by atoms with van der Waals surface area (Å²) in [5.41, 5.74) is 6.02. The Morgan fingerprint density at radius 1 is 1.35 bits per heavy atom. The molecule has 2 heterocycles. The highest BCUT2D eigenvalue weighted by Gasteiger charge is 2.18. The Labute approximate surface area is 111 Å². The second-order valence-corrected chi connectivity index (χ2v) is 4.93. The van der Waals surface area contributed by atoms with E-state index >= 15 is 0 Å². The van der Waals surface area contributed by atoms with Gasteiger partial charge in [-0.1, -0.05) is 6.07 Å². The third-order valence-corrected chi connectivity index (χ3v) is 3.55. The van der Waals surface area contributed by atoms with Crippen LogP contribution in [-0.4, -0.2) is 40.4 Å². The maximum atomic E-state index is 12.1. The molecule has 1 aromatic heterocycles. The Kier molecular flexibility index (Phi) is 5.58. The highest BCUT2D eigenvalue weighted by atomic mass is 35.5. The van der Waals surface area contributed by atoms with Crippen LogP contribution in [0.15, 0.2) is 18.2 Å². The molecule has 0 unspecified atom stereocenters. The molecule has 17 heavy (non-hydrogen) atoms. The first-order chi connectivity index (χ1) is 7.77. The van der Waals surface area contributed by atoms with E-state index in [1.54, 1.807) is 18.2 Å². The second kappa shape index (κ2) is 6.71. The fraction of sp³-hybridized carbons (Fsp3) is 0.455. The smallest absolute Gasteiger partial charge is 0.272 e. The van der Waals surface area contributed by atoms with Gasteiger partial charge in [0, 0.05) is 18.8 Å². The van der Waals surface area contributed by atoms with Crippen LogP contribution in [0.5, 0.6) is 0 Å². The second-order valence-electron chi connectivity index (χ2n) is 3.71. The minimum Gasteiger partial charge on any atom is -0.384 e. The molecular formula is C11H16ClN3OS. The van der Waals surface area contributed by atoms with E-state index in [0.29, 0.717) is 11.5 Å². The van der Waals surface area contributed by atoms with Gasteiger partial charge in [-0.3, -0.25) is 4.79 Å². The van der Waals surface area contributed by atoms with Crippen LogP contribution < -0.4 is 5.73 Å². The molecule has 2 N–H and O–H groups in total. The van der Waals surface area contributed by atoms with Crippen molar-refractivity contribution in [3.63, 3.8) is 0 Å². The van der Waals surface area contributed by atoms with E-state index in [1.807, 2.05) is 16.7 Å². The summed E-state index contributed by atoms with van der Waals surface area (Å²) >= 11 is 1.90. The molecule has 0 bridgehead atoms. The molecule has 4 nitrogen and oxygen atoms in total. The fourth-order valence-electron chi connectivity index (χ4n) is 1.68. The van der Waals surface area contributed by atoms with Crippen LogP contribution in [0, 0.1) is 0 Å². The average Bonchev–Trinajstić information content (AvgIpc) is 2.56. The van der Waals surface area contributed by atoms with E-state index in [9.17, 15) is 4.79 Å². The quantitative estimate of drug-likeness (QED) is 0.846. The number of carbonyl (C=O) groups is 1. The minimum atomic E-state index is -0.00481. The molecule has 1 aromatic rings. The molecule has 0 saturated carbocycles. The van der Waals surface area contributed by atoms with E-state index in [2.05, 4.69) is 4.98 Å². The summed E-state index contributed by atoms with van der Waals surface area (Å²) in [4.78, 5) is 18.0. The Balaban J connectivity index is 0.00000144. The third-order valence-electron chi connectivity index (χ3n) is 2.50. The van der Waals surface area contributed by atoms with E-state index in [0.717, 1.165) is 31.0 Å². The standard InChI is InChI=1S/C11H15N3OS.ClH/c12-10-4-1-3-9(13-10)11(15)14-5-2-7-16-8-6-14;/h1,3-4H,2,5-8H2,(H2,12,13);1H. The van der Waals surface area contributed by atoms with Gasteiger partial charge in [0.1, 0.15) is 11.5 Å². The number of rotatable bonds is 1. The molecular weight excluding hydrogens is 258 g/mol. The zero-order valence-electron chi connectivity index (χ0n) is 9.46. The Morgan fingerprint density at radius 3 is 2.94 bits per heavy atom. The predicted molar refractivity (Wildman–Crippen MR) is 73.7 cm³/mol. The third kappa shape index (κ3) is 3.78. The van der Waals surface area contributed by atoms with Crippen molar-refractivity contribution < 1.29 is 4.79 Å². The van der Waals surface area contributed by atoms with Gasteiger partial charge in [0.05, 0.1) is 0 Å². The molecule has 1 saturated heterocycles. The first kappa shape index (κ1) is 14.1. The van der Waals surface area contributed by atoms with Gasteiger partial charge >= 0.3 is 0 Å². The van der Waals surface area contributed by atoms with Crippen LogP contribution in [0.25, 0.3) is 0 Å². The zero-order chi connectivity index (χ0) is 11.4. The summed E-state index contributed by atoms with van der Waals surface area (Å²) in [6.45, 7) is 1.63. The lowest BCUT2D eigenvalue weighted by Crippen LogP contribution is -2.33. The minimum absolute atomic E-state index is 0. The number of nitrogen functional groups attached to an aromatic ring is 1. The molecule has 0 radical (unpaired) electrons. The number of anilines is 1. The molecule has 0 aliphatic carbocycles. The topological polar surface area (TPSA) is 59.2 Å². The van der Waals surface area contributed by atoms with Crippen molar-refractivity contribution >= 4 is 35.9 Å². The van der Waals surface area contributed by atoms with Crippen LogP contribution in [0.1, 0.15) is 16.9 Å². The van der Waals surface area contributed by atoms with Crippen molar-refractivity contribution in [3.05, 3.63) is 23.9 Å². The van der Waals surface area contributed by atoms with Crippen molar-refractivity contribution in [2.75, 3.05) is 30.3 Å². The van der Waals surface area contributed by atoms with Crippen molar-refractivity contribution in [2.45, 2.75) is 6.42 Å². The summed E-state index contributed by atoms with van der Waals surface area (Å²) in [5.74, 6) is 2.53. The maximum Gasteiger partial charge on any atom is 0.272 e. The molecule has 2 rings (SSSR count). The van der Waals surface area contributed by atoms with Gasteiger partial charge in [0.15, 0.2) is 0 Å². The normalized spacial score (nSPS) is 15.9. The molecule has 1 amide bonds. The van der Waals surface area contributed by atoms with Crippen molar-refractivity contribution in [2.24, 2.45) is 0 Å². The largest absolute Gasteiger partial charge is 0.384 e. The van der Waals surface area contributed by atoms with E-state index in [4.69, 9.17) is 5.73 Å². The van der Waals surface area contributed by atoms with Gasteiger partial charge < -0.3 is 10.6 Å². The number of aromatic nitrogens is 1. The number of amides is 1. The lowest BCUT2D eigenvalue weighted by Gasteiger charge is -2.19. The van der Waals surface area contributed by atoms with Gasteiger partial charge in [0.2, 0.25) is 0 Å². The number of hydrogen-bond donors (Lipinski definition) is 1. The van der Waals surface area contributed by atoms with E-state index in [1.165, 1.54) is 0 Å². The Morgan fingerprint density at radius 2 is 2.18 bits per heavy atom. The SMILES string of the molecule is Cl.Nc1cccc(C(=O)N2CCCSCC2)n1. The molecule has 94 valence electrons. The number of hydrogen-bond acceptors (Lipinski definition) is 4. The van der Waals surface area contributed by atoms with Gasteiger partial charge in [-0.25, -0.2) is 4.98 Å². The molecule has 1 fully saturated rings. The Hall–Kier alpha value is -0.940.